The molecule has 1 saturated heterocycles. The van der Waals surface area contributed by atoms with Gasteiger partial charge in [0, 0.05) is 11.6 Å². The van der Waals surface area contributed by atoms with E-state index >= 15 is 0 Å². The number of carbonyl (C=O) groups excluding carboxylic acids is 1. The minimum Gasteiger partial charge on any atom is -0.449 e. The number of carbonyl (C=O) groups is 1. The van der Waals surface area contributed by atoms with Crippen LogP contribution in [0.2, 0.25) is 5.02 Å². The maximum atomic E-state index is 14.2. The standard InChI is InChI=1S/C30H25ClF3NO5/c1-18-5-7-19(8-6-18)29(37)39-24-14-13-22-25(36)27(38-21-11-9-20(31)10-12-21)28(30(32,33)34)40-26(22)23(24)17-35-15-3-2-4-16-35/h5-14H,2-4,15-17H2,1H3. The van der Waals surface area contributed by atoms with Crippen LogP contribution in [0.3, 0.4) is 0 Å². The number of alkyl halides is 3. The molecule has 0 N–H and O–H groups in total. The molecule has 3 aromatic carbocycles. The molecule has 5 rings (SSSR count). The number of aryl methyl sites for hydroxylation is 1. The van der Waals surface area contributed by atoms with E-state index < -0.39 is 29.1 Å². The zero-order valence-electron chi connectivity index (χ0n) is 21.5. The molecule has 0 bridgehead atoms. The number of hydrogen-bond donors (Lipinski definition) is 0. The molecular formula is C30H25ClF3NO5. The highest BCUT2D eigenvalue weighted by Gasteiger charge is 2.41. The van der Waals surface area contributed by atoms with Gasteiger partial charge in [0.1, 0.15) is 17.1 Å². The van der Waals surface area contributed by atoms with Gasteiger partial charge in [-0.2, -0.15) is 13.2 Å². The Morgan fingerprint density at radius 2 is 1.65 bits per heavy atom. The van der Waals surface area contributed by atoms with Crippen molar-refractivity contribution in [2.24, 2.45) is 0 Å². The lowest BCUT2D eigenvalue weighted by Crippen LogP contribution is -2.29. The molecule has 0 aliphatic carbocycles. The minimum absolute atomic E-state index is 0.0151. The summed E-state index contributed by atoms with van der Waals surface area (Å²) in [5.74, 6) is -3.25. The molecule has 208 valence electrons. The molecule has 6 nitrogen and oxygen atoms in total. The third-order valence-corrected chi connectivity index (χ3v) is 6.94. The largest absolute Gasteiger partial charge is 0.453 e. The van der Waals surface area contributed by atoms with Crippen molar-refractivity contribution in [3.05, 3.63) is 98.4 Å². The number of hydrogen-bond acceptors (Lipinski definition) is 6. The number of benzene rings is 3. The summed E-state index contributed by atoms with van der Waals surface area (Å²) in [6, 6.07) is 15.0. The van der Waals surface area contributed by atoms with Gasteiger partial charge in [-0.3, -0.25) is 9.69 Å². The molecule has 40 heavy (non-hydrogen) atoms. The van der Waals surface area contributed by atoms with Crippen molar-refractivity contribution in [3.8, 4) is 17.2 Å². The zero-order valence-corrected chi connectivity index (χ0v) is 22.3. The molecule has 0 saturated carbocycles. The van der Waals surface area contributed by atoms with Crippen molar-refractivity contribution < 1.29 is 31.9 Å². The minimum atomic E-state index is -5.05. The summed E-state index contributed by atoms with van der Waals surface area (Å²) < 4.78 is 59.3. The van der Waals surface area contributed by atoms with E-state index in [4.69, 9.17) is 25.5 Å². The Hall–Kier alpha value is -3.82. The number of esters is 1. The predicted octanol–water partition coefficient (Wildman–Crippen LogP) is 7.77. The lowest BCUT2D eigenvalue weighted by Gasteiger charge is -2.27. The van der Waals surface area contributed by atoms with Crippen LogP contribution in [0, 0.1) is 6.92 Å². The van der Waals surface area contributed by atoms with E-state index in [-0.39, 0.29) is 40.1 Å². The maximum Gasteiger partial charge on any atom is 0.453 e. The fourth-order valence-electron chi connectivity index (χ4n) is 4.61. The molecule has 10 heteroatoms. The van der Waals surface area contributed by atoms with E-state index in [1.165, 1.54) is 36.4 Å². The molecule has 0 radical (unpaired) electrons. The molecule has 1 aliphatic heterocycles. The van der Waals surface area contributed by atoms with Gasteiger partial charge < -0.3 is 13.9 Å². The molecule has 1 aromatic heterocycles. The molecule has 0 amide bonds. The molecule has 0 spiro atoms. The second kappa shape index (κ2) is 11.3. The van der Waals surface area contributed by atoms with Crippen molar-refractivity contribution in [3.63, 3.8) is 0 Å². The smallest absolute Gasteiger partial charge is 0.449 e. The van der Waals surface area contributed by atoms with Crippen LogP contribution < -0.4 is 14.9 Å². The van der Waals surface area contributed by atoms with E-state index in [0.29, 0.717) is 18.1 Å². The summed E-state index contributed by atoms with van der Waals surface area (Å²) in [5.41, 5.74) is 0.103. The summed E-state index contributed by atoms with van der Waals surface area (Å²) >= 11 is 5.87. The third-order valence-electron chi connectivity index (χ3n) is 6.69. The van der Waals surface area contributed by atoms with Crippen molar-refractivity contribution in [1.82, 2.24) is 4.90 Å². The molecular weight excluding hydrogens is 547 g/mol. The number of piperidine rings is 1. The highest BCUT2D eigenvalue weighted by molar-refractivity contribution is 6.30. The van der Waals surface area contributed by atoms with Crippen LogP contribution in [0.15, 0.2) is 69.9 Å². The highest BCUT2D eigenvalue weighted by atomic mass is 35.5. The second-order valence-electron chi connectivity index (χ2n) is 9.65. The summed E-state index contributed by atoms with van der Waals surface area (Å²) in [6.45, 7) is 3.41. The quantitative estimate of drug-likeness (QED) is 0.174. The van der Waals surface area contributed by atoms with Crippen molar-refractivity contribution in [2.45, 2.75) is 38.9 Å². The molecule has 2 heterocycles. The normalized spacial score (nSPS) is 14.3. The van der Waals surface area contributed by atoms with Gasteiger partial charge in [-0.15, -0.1) is 0 Å². The monoisotopic (exact) mass is 571 g/mol. The molecule has 1 aliphatic rings. The summed E-state index contributed by atoms with van der Waals surface area (Å²) in [7, 11) is 0. The Morgan fingerprint density at radius 1 is 0.975 bits per heavy atom. The van der Waals surface area contributed by atoms with Gasteiger partial charge in [-0.25, -0.2) is 4.79 Å². The Kier molecular flexibility index (Phi) is 7.87. The van der Waals surface area contributed by atoms with E-state index in [1.807, 2.05) is 11.8 Å². The van der Waals surface area contributed by atoms with E-state index in [2.05, 4.69) is 0 Å². The average Bonchev–Trinajstić information content (AvgIpc) is 2.92. The first-order valence-corrected chi connectivity index (χ1v) is 13.1. The number of ether oxygens (including phenoxy) is 2. The van der Waals surface area contributed by atoms with Crippen LogP contribution >= 0.6 is 11.6 Å². The van der Waals surface area contributed by atoms with E-state index in [9.17, 15) is 22.8 Å². The summed E-state index contributed by atoms with van der Waals surface area (Å²) in [5, 5.41) is 0.225. The van der Waals surface area contributed by atoms with Gasteiger partial charge in [0.2, 0.25) is 11.2 Å². The van der Waals surface area contributed by atoms with Crippen LogP contribution in [0.4, 0.5) is 13.2 Å². The first-order chi connectivity index (χ1) is 19.1. The van der Waals surface area contributed by atoms with Crippen LogP contribution in [-0.4, -0.2) is 24.0 Å². The van der Waals surface area contributed by atoms with Crippen LogP contribution in [0.5, 0.6) is 17.2 Å². The Morgan fingerprint density at radius 3 is 2.30 bits per heavy atom. The van der Waals surface area contributed by atoms with Gasteiger partial charge in [0.05, 0.1) is 16.5 Å². The van der Waals surface area contributed by atoms with Gasteiger partial charge >= 0.3 is 12.1 Å². The summed E-state index contributed by atoms with van der Waals surface area (Å²) in [6.07, 6.45) is -2.17. The number of halogens is 4. The van der Waals surface area contributed by atoms with Crippen LogP contribution in [0.25, 0.3) is 11.0 Å². The van der Waals surface area contributed by atoms with Gasteiger partial charge in [0.25, 0.3) is 5.76 Å². The van der Waals surface area contributed by atoms with E-state index in [0.717, 1.165) is 24.8 Å². The van der Waals surface area contributed by atoms with Crippen LogP contribution in [-0.2, 0) is 12.7 Å². The Labute approximate surface area is 232 Å². The molecule has 1 fully saturated rings. The molecule has 0 unspecified atom stereocenters. The molecule has 0 atom stereocenters. The van der Waals surface area contributed by atoms with Crippen LogP contribution in [0.1, 0.15) is 46.5 Å². The zero-order chi connectivity index (χ0) is 28.4. The van der Waals surface area contributed by atoms with Gasteiger partial charge in [0.15, 0.2) is 0 Å². The SMILES string of the molecule is Cc1ccc(C(=O)Oc2ccc3c(=O)c(Oc4ccc(Cl)cc4)c(C(F)(F)F)oc3c2CN2CCCCC2)cc1. The van der Waals surface area contributed by atoms with Crippen molar-refractivity contribution >= 4 is 28.5 Å². The second-order valence-corrected chi connectivity index (χ2v) is 10.1. The van der Waals surface area contributed by atoms with Gasteiger partial charge in [-0.1, -0.05) is 35.7 Å². The number of rotatable bonds is 6. The number of fused-ring (bicyclic) bond motifs is 1. The fourth-order valence-corrected chi connectivity index (χ4v) is 4.74. The number of nitrogens with zero attached hydrogens (tertiary/aromatic N) is 1. The topological polar surface area (TPSA) is 69.0 Å². The predicted molar refractivity (Wildman–Crippen MR) is 144 cm³/mol. The first kappa shape index (κ1) is 27.7. The lowest BCUT2D eigenvalue weighted by atomic mass is 10.1. The number of likely N-dealkylation sites (tertiary alicyclic amines) is 1. The first-order valence-electron chi connectivity index (χ1n) is 12.7. The fraction of sp³-hybridized carbons (Fsp3) is 0.267. The third kappa shape index (κ3) is 6.00. The summed E-state index contributed by atoms with van der Waals surface area (Å²) in [4.78, 5) is 28.4. The highest BCUT2D eigenvalue weighted by Crippen LogP contribution is 2.40. The van der Waals surface area contributed by atoms with Gasteiger partial charge in [-0.05, 0) is 81.4 Å². The Bertz CT molecular complexity index is 1590. The van der Waals surface area contributed by atoms with Crippen molar-refractivity contribution in [1.29, 1.82) is 0 Å². The maximum absolute atomic E-state index is 14.2. The lowest BCUT2D eigenvalue weighted by molar-refractivity contribution is -0.154. The molecule has 4 aromatic rings. The van der Waals surface area contributed by atoms with Crippen molar-refractivity contribution in [2.75, 3.05) is 13.1 Å². The van der Waals surface area contributed by atoms with E-state index in [1.54, 1.807) is 24.3 Å². The Balaban J connectivity index is 1.65. The average molecular weight is 572 g/mol.